The highest BCUT2D eigenvalue weighted by Gasteiger charge is 2.31. The lowest BCUT2D eigenvalue weighted by molar-refractivity contribution is -0.990. The molecule has 1 atom stereocenters. The van der Waals surface area contributed by atoms with Crippen LogP contribution in [0.2, 0.25) is 0 Å². The summed E-state index contributed by atoms with van der Waals surface area (Å²) >= 11 is 0. The number of amides is 2. The van der Waals surface area contributed by atoms with E-state index >= 15 is 0 Å². The van der Waals surface area contributed by atoms with Crippen LogP contribution in [0.25, 0.3) is 11.3 Å². The Balaban J connectivity index is 1.37. The number of hydrogen-bond acceptors (Lipinski definition) is 10. The molecule has 0 aliphatic carbocycles. The molecule has 13 nitrogen and oxygen atoms in total. The predicted octanol–water partition coefficient (Wildman–Crippen LogP) is 3.21. The Morgan fingerprint density at radius 3 is 2.42 bits per heavy atom. The van der Waals surface area contributed by atoms with E-state index in [0.29, 0.717) is 65.8 Å². The van der Waals surface area contributed by atoms with Gasteiger partial charge in [0, 0.05) is 63.2 Å². The summed E-state index contributed by atoms with van der Waals surface area (Å²) in [7, 11) is 5.32. The molecule has 1 aromatic heterocycles. The number of rotatable bonds is 8. The van der Waals surface area contributed by atoms with E-state index in [2.05, 4.69) is 16.5 Å². The number of methoxy groups -OCH3 is 1. The van der Waals surface area contributed by atoms with Gasteiger partial charge in [0.15, 0.2) is 5.69 Å². The predicted molar refractivity (Wildman–Crippen MR) is 167 cm³/mol. The molecule has 5 rings (SSSR count). The summed E-state index contributed by atoms with van der Waals surface area (Å²) in [6.45, 7) is 3.05. The summed E-state index contributed by atoms with van der Waals surface area (Å²) in [6, 6.07) is 19.0. The Hall–Kier alpha value is -5.42. The van der Waals surface area contributed by atoms with Gasteiger partial charge in [0.25, 0.3) is 11.8 Å². The molecule has 0 bridgehead atoms. The van der Waals surface area contributed by atoms with Gasteiger partial charge in [-0.05, 0) is 49.4 Å². The molecule has 1 aliphatic rings. The average molecular weight is 612 g/mol. The van der Waals surface area contributed by atoms with Crippen LogP contribution in [0.3, 0.4) is 0 Å². The number of quaternary nitrogens is 1. The zero-order valence-electron chi connectivity index (χ0n) is 25.3. The molecular weight excluding hydrogens is 578 g/mol. The number of para-hydroxylation sites is 1. The van der Waals surface area contributed by atoms with Crippen LogP contribution in [0.15, 0.2) is 65.2 Å². The number of carbonyl (C=O) groups is 2. The molecule has 1 saturated heterocycles. The first-order valence-corrected chi connectivity index (χ1v) is 14.2. The molecule has 2 amide bonds. The molecule has 3 N–H and O–H groups in total. The fourth-order valence-corrected chi connectivity index (χ4v) is 5.28. The fourth-order valence-electron chi connectivity index (χ4n) is 5.28. The molecule has 3 aromatic carbocycles. The molecule has 13 heteroatoms. The summed E-state index contributed by atoms with van der Waals surface area (Å²) in [6.07, 6.45) is 0. The molecule has 2 heterocycles. The van der Waals surface area contributed by atoms with Crippen LogP contribution < -0.4 is 25.1 Å². The van der Waals surface area contributed by atoms with Crippen molar-refractivity contribution in [2.24, 2.45) is 0 Å². The molecule has 45 heavy (non-hydrogen) atoms. The van der Waals surface area contributed by atoms with Crippen LogP contribution in [-0.4, -0.2) is 74.5 Å². The zero-order chi connectivity index (χ0) is 32.2. The summed E-state index contributed by atoms with van der Waals surface area (Å²) in [5.74, 6) is 0.219. The van der Waals surface area contributed by atoms with Crippen molar-refractivity contribution in [1.29, 1.82) is 5.26 Å². The number of nitrogens with one attached hydrogen (secondary N) is 2. The number of nitriles is 1. The zero-order valence-corrected chi connectivity index (χ0v) is 25.3. The third-order valence-electron chi connectivity index (χ3n) is 7.73. The largest absolute Gasteiger partial charge is 0.595 e. The second-order valence-electron chi connectivity index (χ2n) is 10.7. The molecular formula is C32H33N7O6. The van der Waals surface area contributed by atoms with Gasteiger partial charge in [0.2, 0.25) is 0 Å². The summed E-state index contributed by atoms with van der Waals surface area (Å²) in [5, 5.41) is 37.5. The van der Waals surface area contributed by atoms with Crippen LogP contribution in [0.1, 0.15) is 32.0 Å². The maximum atomic E-state index is 13.7. The number of aromatic nitrogens is 1. The molecule has 232 valence electrons. The van der Waals surface area contributed by atoms with Gasteiger partial charge >= 0.3 is 0 Å². The first-order chi connectivity index (χ1) is 21.6. The summed E-state index contributed by atoms with van der Waals surface area (Å²) in [4.78, 5) is 32.3. The second kappa shape index (κ2) is 13.1. The van der Waals surface area contributed by atoms with Crippen molar-refractivity contribution in [2.75, 3.05) is 62.5 Å². The molecule has 0 saturated carbocycles. The van der Waals surface area contributed by atoms with Gasteiger partial charge in [0.05, 0.1) is 18.4 Å². The van der Waals surface area contributed by atoms with Crippen LogP contribution in [0.4, 0.5) is 22.7 Å². The Morgan fingerprint density at radius 2 is 1.80 bits per heavy atom. The second-order valence-corrected chi connectivity index (χ2v) is 10.7. The Kier molecular flexibility index (Phi) is 9.01. The molecule has 4 aromatic rings. The van der Waals surface area contributed by atoms with Crippen LogP contribution in [0.5, 0.6) is 5.75 Å². The minimum Gasteiger partial charge on any atom is -0.595 e. The van der Waals surface area contributed by atoms with Crippen LogP contribution >= 0.6 is 0 Å². The standard InChI is InChI=1S/C32H33N7O6/c1-20-29(30(35-45-20)24-7-5-6-8-28(24)44-4)32(41)38-15-13-37(14-16-38)26-18-25(27(39(42)43)17-22(26)19-33)34-31(40)21-9-11-23(12-10-21)36(2)3/h5-12,17-18,39,42H,13-16H2,1-4H3,(H,34,40). The maximum Gasteiger partial charge on any atom is 0.259 e. The molecule has 0 radical (unpaired) electrons. The number of piperazine rings is 1. The highest BCUT2D eigenvalue weighted by molar-refractivity contribution is 6.06. The lowest BCUT2D eigenvalue weighted by atomic mass is 10.0. The third-order valence-corrected chi connectivity index (χ3v) is 7.73. The van der Waals surface area contributed by atoms with Crippen molar-refractivity contribution in [3.05, 3.63) is 88.3 Å². The summed E-state index contributed by atoms with van der Waals surface area (Å²) in [5.41, 5.74) is 3.12. The number of ether oxygens (including phenoxy) is 1. The maximum absolute atomic E-state index is 13.7. The third kappa shape index (κ3) is 6.29. The van der Waals surface area contributed by atoms with E-state index in [0.717, 1.165) is 5.69 Å². The van der Waals surface area contributed by atoms with Crippen molar-refractivity contribution < 1.29 is 29.3 Å². The normalized spacial score (nSPS) is 13.6. The molecule has 1 unspecified atom stereocenters. The van der Waals surface area contributed by atoms with Crippen molar-refractivity contribution in [3.8, 4) is 23.1 Å². The van der Waals surface area contributed by atoms with E-state index in [4.69, 9.17) is 9.26 Å². The van der Waals surface area contributed by atoms with Crippen molar-refractivity contribution in [3.63, 3.8) is 0 Å². The van der Waals surface area contributed by atoms with E-state index in [-0.39, 0.29) is 22.8 Å². The number of hydrogen-bond donors (Lipinski definition) is 3. The van der Waals surface area contributed by atoms with E-state index in [1.54, 1.807) is 49.3 Å². The highest BCUT2D eigenvalue weighted by Crippen LogP contribution is 2.34. The summed E-state index contributed by atoms with van der Waals surface area (Å²) < 4.78 is 10.9. The molecule has 0 spiro atoms. The van der Waals surface area contributed by atoms with Gasteiger partial charge in [-0.15, -0.1) is 0 Å². The van der Waals surface area contributed by atoms with Crippen molar-refractivity contribution in [2.45, 2.75) is 6.92 Å². The van der Waals surface area contributed by atoms with Gasteiger partial charge in [-0.3, -0.25) is 9.59 Å². The minimum atomic E-state index is -1.28. The van der Waals surface area contributed by atoms with Crippen molar-refractivity contribution in [1.82, 2.24) is 10.1 Å². The first kappa shape index (κ1) is 31.0. The van der Waals surface area contributed by atoms with E-state index in [1.165, 1.54) is 12.1 Å². The monoisotopic (exact) mass is 611 g/mol. The lowest BCUT2D eigenvalue weighted by Crippen LogP contribution is -2.99. The van der Waals surface area contributed by atoms with Crippen LogP contribution in [0, 0.1) is 23.5 Å². The van der Waals surface area contributed by atoms with Gasteiger partial charge in [-0.2, -0.15) is 10.5 Å². The van der Waals surface area contributed by atoms with Gasteiger partial charge in [-0.25, -0.2) is 5.21 Å². The Morgan fingerprint density at radius 1 is 1.11 bits per heavy atom. The number of benzene rings is 3. The molecule has 1 fully saturated rings. The van der Waals surface area contributed by atoms with Crippen LogP contribution in [-0.2, 0) is 0 Å². The minimum absolute atomic E-state index is 0.0678. The first-order valence-electron chi connectivity index (χ1n) is 14.2. The Labute approximate surface area is 259 Å². The van der Waals surface area contributed by atoms with E-state index in [9.17, 15) is 25.3 Å². The topological polar surface area (TPSA) is 163 Å². The highest BCUT2D eigenvalue weighted by atomic mass is 16.8. The van der Waals surface area contributed by atoms with Crippen molar-refractivity contribution >= 4 is 34.6 Å². The number of anilines is 3. The van der Waals surface area contributed by atoms with Gasteiger partial charge < -0.3 is 34.5 Å². The quantitative estimate of drug-likeness (QED) is 0.252. The van der Waals surface area contributed by atoms with E-state index < -0.39 is 11.1 Å². The van der Waals surface area contributed by atoms with Gasteiger partial charge in [-0.1, -0.05) is 17.3 Å². The SMILES string of the molecule is COc1ccccc1-c1noc(C)c1C(=O)N1CCN(c2cc(NC(=O)c3ccc(N(C)C)cc3)c([NH+]([O-])O)cc2C#N)CC1. The Bertz CT molecular complexity index is 1750. The lowest BCUT2D eigenvalue weighted by Gasteiger charge is -2.36. The number of aryl methyl sites for hydroxylation is 1. The average Bonchev–Trinajstić information content (AvgIpc) is 3.44. The van der Waals surface area contributed by atoms with Gasteiger partial charge in [0.1, 0.15) is 34.5 Å². The molecule has 1 aliphatic heterocycles. The smallest absolute Gasteiger partial charge is 0.259 e. The number of carbonyl (C=O) groups excluding carboxylic acids is 2. The fraction of sp³-hybridized carbons (Fsp3) is 0.250. The number of nitrogens with zero attached hydrogens (tertiary/aromatic N) is 5. The van der Waals surface area contributed by atoms with E-state index in [1.807, 2.05) is 42.1 Å².